The number of fused-ring (bicyclic) bond motifs is 1. The number of rotatable bonds is 8. The number of aliphatic hydroxyl groups is 1. The molecule has 2 aromatic carbocycles. The van der Waals surface area contributed by atoms with Crippen molar-refractivity contribution in [2.75, 3.05) is 25.7 Å². The summed E-state index contributed by atoms with van der Waals surface area (Å²) in [6.07, 6.45) is 0. The number of ketones is 1. The molecule has 5 rings (SSSR count). The highest BCUT2D eigenvalue weighted by atomic mass is 32.1. The van der Waals surface area contributed by atoms with Gasteiger partial charge in [0.15, 0.2) is 22.4 Å². The molecule has 0 saturated carbocycles. The standard InChI is InChI=1S/C26H22N2O6S2/c1-4-34-15-8-9-16-20(13-15)36-26(27-16)28-22(14-7-10-17(32-2)18(12-14)33-3)21(24(30)25(28)31)23(29)19-6-5-11-35-19/h5-13,22,30H,4H2,1-3H3. The fourth-order valence-corrected chi connectivity index (χ4v) is 5.86. The summed E-state index contributed by atoms with van der Waals surface area (Å²) >= 11 is 2.52. The zero-order valence-electron chi connectivity index (χ0n) is 19.7. The summed E-state index contributed by atoms with van der Waals surface area (Å²) in [6, 6.07) is 13.1. The van der Waals surface area contributed by atoms with Crippen LogP contribution in [-0.4, -0.2) is 42.6 Å². The maximum absolute atomic E-state index is 13.5. The summed E-state index contributed by atoms with van der Waals surface area (Å²) in [5, 5.41) is 13.1. The monoisotopic (exact) mass is 522 g/mol. The zero-order chi connectivity index (χ0) is 25.4. The minimum Gasteiger partial charge on any atom is -0.503 e. The van der Waals surface area contributed by atoms with Gasteiger partial charge in [-0.05, 0) is 54.3 Å². The summed E-state index contributed by atoms with van der Waals surface area (Å²) in [4.78, 5) is 33.4. The van der Waals surface area contributed by atoms with Crippen molar-refractivity contribution in [1.82, 2.24) is 4.98 Å². The van der Waals surface area contributed by atoms with Gasteiger partial charge < -0.3 is 19.3 Å². The summed E-state index contributed by atoms with van der Waals surface area (Å²) in [5.74, 6) is -0.0831. The third-order valence-electron chi connectivity index (χ3n) is 5.79. The fraction of sp³-hybridized carbons (Fsp3) is 0.192. The van der Waals surface area contributed by atoms with Crippen molar-refractivity contribution >= 4 is 49.7 Å². The van der Waals surface area contributed by atoms with Crippen LogP contribution in [0.15, 0.2) is 65.2 Å². The first-order chi connectivity index (χ1) is 17.5. The van der Waals surface area contributed by atoms with E-state index < -0.39 is 23.5 Å². The van der Waals surface area contributed by atoms with E-state index in [9.17, 15) is 14.7 Å². The topological polar surface area (TPSA) is 98.2 Å². The number of aliphatic hydroxyl groups excluding tert-OH is 1. The number of hydrogen-bond donors (Lipinski definition) is 1. The second-order valence-corrected chi connectivity index (χ2v) is 9.78. The van der Waals surface area contributed by atoms with Gasteiger partial charge >= 0.3 is 0 Å². The number of benzene rings is 2. The second kappa shape index (κ2) is 9.63. The van der Waals surface area contributed by atoms with Crippen LogP contribution in [0.4, 0.5) is 5.13 Å². The Kier molecular flexibility index (Phi) is 6.38. The molecule has 36 heavy (non-hydrogen) atoms. The maximum atomic E-state index is 13.5. The number of carbonyl (C=O) groups is 2. The van der Waals surface area contributed by atoms with E-state index in [1.807, 2.05) is 25.1 Å². The number of anilines is 1. The van der Waals surface area contributed by atoms with Crippen LogP contribution in [0.1, 0.15) is 28.2 Å². The molecule has 1 aliphatic heterocycles. The third kappa shape index (κ3) is 3.98. The molecule has 0 fully saturated rings. The smallest absolute Gasteiger partial charge is 0.296 e. The lowest BCUT2D eigenvalue weighted by atomic mass is 9.95. The van der Waals surface area contributed by atoms with Gasteiger partial charge in [-0.15, -0.1) is 11.3 Å². The van der Waals surface area contributed by atoms with Crippen molar-refractivity contribution in [3.05, 3.63) is 75.7 Å². The number of nitrogens with zero attached hydrogens (tertiary/aromatic N) is 2. The number of amides is 1. The Balaban J connectivity index is 1.67. The molecule has 8 nitrogen and oxygen atoms in total. The average Bonchev–Trinajstić information content (AvgIpc) is 3.62. The Morgan fingerprint density at radius 1 is 1.11 bits per heavy atom. The first kappa shape index (κ1) is 23.8. The first-order valence-electron chi connectivity index (χ1n) is 11.1. The Morgan fingerprint density at radius 2 is 1.92 bits per heavy atom. The molecule has 1 amide bonds. The molecule has 10 heteroatoms. The largest absolute Gasteiger partial charge is 0.503 e. The van der Waals surface area contributed by atoms with Crippen molar-refractivity contribution in [2.45, 2.75) is 13.0 Å². The third-order valence-corrected chi connectivity index (χ3v) is 7.67. The molecule has 1 N–H and O–H groups in total. The molecule has 0 aliphatic carbocycles. The minimum atomic E-state index is -0.918. The van der Waals surface area contributed by atoms with Gasteiger partial charge in [0, 0.05) is 0 Å². The van der Waals surface area contributed by atoms with E-state index in [1.165, 1.54) is 41.8 Å². The van der Waals surface area contributed by atoms with E-state index in [-0.39, 0.29) is 5.57 Å². The van der Waals surface area contributed by atoms with E-state index in [1.54, 1.807) is 35.7 Å². The van der Waals surface area contributed by atoms with Crippen LogP contribution >= 0.6 is 22.7 Å². The average molecular weight is 523 g/mol. The highest BCUT2D eigenvalue weighted by Gasteiger charge is 2.46. The second-order valence-electron chi connectivity index (χ2n) is 7.82. The maximum Gasteiger partial charge on any atom is 0.296 e. The first-order valence-corrected chi connectivity index (χ1v) is 12.8. The normalized spacial score (nSPS) is 15.6. The lowest BCUT2D eigenvalue weighted by molar-refractivity contribution is -0.117. The van der Waals surface area contributed by atoms with E-state index >= 15 is 0 Å². The van der Waals surface area contributed by atoms with Crippen LogP contribution in [0.25, 0.3) is 10.2 Å². The molecule has 0 saturated heterocycles. The van der Waals surface area contributed by atoms with Crippen molar-refractivity contribution in [2.24, 2.45) is 0 Å². The highest BCUT2D eigenvalue weighted by Crippen LogP contribution is 2.46. The van der Waals surface area contributed by atoms with Crippen molar-refractivity contribution in [3.8, 4) is 17.2 Å². The van der Waals surface area contributed by atoms with Gasteiger partial charge in [0.2, 0.25) is 5.78 Å². The van der Waals surface area contributed by atoms with Crippen LogP contribution < -0.4 is 19.1 Å². The molecule has 1 aliphatic rings. The molecule has 184 valence electrons. The minimum absolute atomic E-state index is 0.0102. The summed E-state index contributed by atoms with van der Waals surface area (Å²) in [6.45, 7) is 2.43. The van der Waals surface area contributed by atoms with Crippen molar-refractivity contribution in [1.29, 1.82) is 0 Å². The Morgan fingerprint density at radius 3 is 2.61 bits per heavy atom. The van der Waals surface area contributed by atoms with Crippen molar-refractivity contribution < 1.29 is 28.9 Å². The van der Waals surface area contributed by atoms with Crippen LogP contribution in [0.3, 0.4) is 0 Å². The van der Waals surface area contributed by atoms with E-state index in [0.717, 1.165) is 4.70 Å². The molecule has 4 aromatic rings. The molecular weight excluding hydrogens is 500 g/mol. The van der Waals surface area contributed by atoms with Gasteiger partial charge in [-0.3, -0.25) is 14.5 Å². The number of ether oxygens (including phenoxy) is 3. The lowest BCUT2D eigenvalue weighted by Crippen LogP contribution is -2.31. The quantitative estimate of drug-likeness (QED) is 0.303. The number of Topliss-reactive ketones (excluding diaryl/α,β-unsaturated/α-hetero) is 1. The number of methoxy groups -OCH3 is 2. The Labute approximate surface area is 215 Å². The van der Waals surface area contributed by atoms with Crippen LogP contribution in [0.2, 0.25) is 0 Å². The lowest BCUT2D eigenvalue weighted by Gasteiger charge is -2.25. The van der Waals surface area contributed by atoms with Gasteiger partial charge in [-0.1, -0.05) is 23.5 Å². The van der Waals surface area contributed by atoms with Gasteiger partial charge in [0.25, 0.3) is 5.91 Å². The van der Waals surface area contributed by atoms with Crippen molar-refractivity contribution in [3.63, 3.8) is 0 Å². The zero-order valence-corrected chi connectivity index (χ0v) is 21.3. The van der Waals surface area contributed by atoms with Crippen LogP contribution in [-0.2, 0) is 4.79 Å². The van der Waals surface area contributed by atoms with Gasteiger partial charge in [-0.2, -0.15) is 0 Å². The number of carbonyl (C=O) groups excluding carboxylic acids is 2. The van der Waals surface area contributed by atoms with Crippen LogP contribution in [0.5, 0.6) is 17.2 Å². The number of hydrogen-bond acceptors (Lipinski definition) is 9. The van der Waals surface area contributed by atoms with E-state index in [0.29, 0.717) is 44.9 Å². The predicted molar refractivity (Wildman–Crippen MR) is 139 cm³/mol. The fourth-order valence-electron chi connectivity index (χ4n) is 4.17. The number of aromatic nitrogens is 1. The number of thiophene rings is 1. The molecule has 3 heterocycles. The molecular formula is C26H22N2O6S2. The molecule has 1 unspecified atom stereocenters. The molecule has 0 radical (unpaired) electrons. The Hall–Kier alpha value is -3.89. The highest BCUT2D eigenvalue weighted by molar-refractivity contribution is 7.22. The summed E-state index contributed by atoms with van der Waals surface area (Å²) < 4.78 is 17.2. The molecule has 0 spiro atoms. The summed E-state index contributed by atoms with van der Waals surface area (Å²) in [5.41, 5.74) is 1.23. The molecule has 1 atom stereocenters. The Bertz CT molecular complexity index is 1490. The SMILES string of the molecule is CCOc1ccc2nc(N3C(=O)C(O)=C(C(=O)c4cccs4)C3c3ccc(OC)c(OC)c3)sc2c1. The molecule has 2 aromatic heterocycles. The molecule has 0 bridgehead atoms. The van der Waals surface area contributed by atoms with Gasteiger partial charge in [-0.25, -0.2) is 4.98 Å². The predicted octanol–water partition coefficient (Wildman–Crippen LogP) is 5.56. The number of thiazole rings is 1. The summed E-state index contributed by atoms with van der Waals surface area (Å²) in [7, 11) is 3.03. The van der Waals surface area contributed by atoms with Crippen LogP contribution in [0, 0.1) is 0 Å². The van der Waals surface area contributed by atoms with Gasteiger partial charge in [0.1, 0.15) is 5.75 Å². The van der Waals surface area contributed by atoms with E-state index in [2.05, 4.69) is 4.98 Å². The van der Waals surface area contributed by atoms with Gasteiger partial charge in [0.05, 0.1) is 47.5 Å². The van der Waals surface area contributed by atoms with E-state index in [4.69, 9.17) is 14.2 Å².